The number of nitro groups is 1. The molecule has 1 heterocycles. The second kappa shape index (κ2) is 8.37. The highest BCUT2D eigenvalue weighted by Crippen LogP contribution is 2.18. The predicted octanol–water partition coefficient (Wildman–Crippen LogP) is 3.37. The first kappa shape index (κ1) is 18.5. The standard InChI is InChI=1S/C18H14BrN5O3/c19-15-8-4-7-14(9-15)11-23-12-16(24(26)27)17(22-23)18(25)21-20-10-13-5-2-1-3-6-13/h1-10,12H,11H2,(H,21,25)/b20-10-. The number of carbonyl (C=O) groups is 1. The maximum absolute atomic E-state index is 12.3. The lowest BCUT2D eigenvalue weighted by Gasteiger charge is -2.01. The van der Waals surface area contributed by atoms with Crippen LogP contribution in [-0.2, 0) is 6.54 Å². The first-order valence-corrected chi connectivity index (χ1v) is 8.67. The number of aromatic nitrogens is 2. The molecule has 2 aromatic carbocycles. The lowest BCUT2D eigenvalue weighted by Crippen LogP contribution is -2.19. The van der Waals surface area contributed by atoms with E-state index in [1.54, 1.807) is 0 Å². The van der Waals surface area contributed by atoms with Crippen molar-refractivity contribution in [2.75, 3.05) is 0 Å². The molecule has 0 bridgehead atoms. The summed E-state index contributed by atoms with van der Waals surface area (Å²) in [6, 6.07) is 16.6. The molecule has 0 saturated carbocycles. The highest BCUT2D eigenvalue weighted by atomic mass is 79.9. The van der Waals surface area contributed by atoms with Crippen LogP contribution in [-0.4, -0.2) is 26.8 Å². The molecule has 8 nitrogen and oxygen atoms in total. The minimum atomic E-state index is -0.748. The van der Waals surface area contributed by atoms with Gasteiger partial charge in [0.1, 0.15) is 6.20 Å². The monoisotopic (exact) mass is 427 g/mol. The first-order valence-electron chi connectivity index (χ1n) is 7.87. The van der Waals surface area contributed by atoms with Crippen LogP contribution in [0.2, 0.25) is 0 Å². The molecule has 0 aliphatic rings. The lowest BCUT2D eigenvalue weighted by molar-refractivity contribution is -0.385. The number of hydrazone groups is 1. The average molecular weight is 428 g/mol. The van der Waals surface area contributed by atoms with Crippen molar-refractivity contribution in [2.45, 2.75) is 6.54 Å². The SMILES string of the molecule is O=C(N/N=C\c1ccccc1)c1nn(Cc2cccc(Br)c2)cc1[N+](=O)[O-]. The van der Waals surface area contributed by atoms with E-state index in [0.29, 0.717) is 6.54 Å². The minimum absolute atomic E-state index is 0.291. The van der Waals surface area contributed by atoms with Gasteiger partial charge in [-0.05, 0) is 23.3 Å². The number of hydrogen-bond acceptors (Lipinski definition) is 5. The van der Waals surface area contributed by atoms with Crippen LogP contribution in [0.1, 0.15) is 21.6 Å². The number of rotatable bonds is 6. The molecular formula is C18H14BrN5O3. The first-order chi connectivity index (χ1) is 13.0. The van der Waals surface area contributed by atoms with Gasteiger partial charge in [0.25, 0.3) is 5.91 Å². The maximum atomic E-state index is 12.3. The van der Waals surface area contributed by atoms with Gasteiger partial charge in [-0.15, -0.1) is 0 Å². The molecule has 9 heteroatoms. The number of hydrogen-bond donors (Lipinski definition) is 1. The van der Waals surface area contributed by atoms with Crippen LogP contribution in [0.15, 0.2) is 70.4 Å². The summed E-state index contributed by atoms with van der Waals surface area (Å²) in [4.78, 5) is 22.9. The summed E-state index contributed by atoms with van der Waals surface area (Å²) in [5, 5.41) is 19.1. The number of halogens is 1. The second-order valence-electron chi connectivity index (χ2n) is 5.56. The number of amides is 1. The number of carbonyl (C=O) groups excluding carboxylic acids is 1. The molecule has 0 aliphatic heterocycles. The Balaban J connectivity index is 1.77. The van der Waals surface area contributed by atoms with Gasteiger partial charge < -0.3 is 0 Å². The largest absolute Gasteiger partial charge is 0.320 e. The fourth-order valence-electron chi connectivity index (χ4n) is 2.37. The van der Waals surface area contributed by atoms with Crippen LogP contribution in [0.4, 0.5) is 5.69 Å². The Bertz CT molecular complexity index is 1000. The molecule has 0 fully saturated rings. The van der Waals surface area contributed by atoms with Crippen molar-refractivity contribution in [1.82, 2.24) is 15.2 Å². The quantitative estimate of drug-likeness (QED) is 0.370. The summed E-state index contributed by atoms with van der Waals surface area (Å²) in [7, 11) is 0. The zero-order valence-electron chi connectivity index (χ0n) is 13.9. The molecule has 0 atom stereocenters. The van der Waals surface area contributed by atoms with Crippen molar-refractivity contribution in [3.63, 3.8) is 0 Å². The molecule has 3 aromatic rings. The zero-order chi connectivity index (χ0) is 19.2. The normalized spacial score (nSPS) is 10.9. The Kier molecular flexibility index (Phi) is 5.72. The van der Waals surface area contributed by atoms with E-state index in [0.717, 1.165) is 15.6 Å². The third kappa shape index (κ3) is 4.85. The molecule has 136 valence electrons. The maximum Gasteiger partial charge on any atom is 0.320 e. The summed E-state index contributed by atoms with van der Waals surface area (Å²) in [6.07, 6.45) is 2.68. The Labute approximate surface area is 162 Å². The van der Waals surface area contributed by atoms with E-state index in [1.165, 1.54) is 17.1 Å². The van der Waals surface area contributed by atoms with E-state index < -0.39 is 10.8 Å². The molecule has 1 amide bonds. The molecule has 3 rings (SSSR count). The van der Waals surface area contributed by atoms with E-state index in [9.17, 15) is 14.9 Å². The topological polar surface area (TPSA) is 102 Å². The summed E-state index contributed by atoms with van der Waals surface area (Å²) in [5.74, 6) is -0.748. The van der Waals surface area contributed by atoms with E-state index in [4.69, 9.17) is 0 Å². The second-order valence-corrected chi connectivity index (χ2v) is 6.47. The van der Waals surface area contributed by atoms with E-state index in [2.05, 4.69) is 31.6 Å². The molecular weight excluding hydrogens is 414 g/mol. The van der Waals surface area contributed by atoms with Crippen LogP contribution < -0.4 is 5.43 Å². The van der Waals surface area contributed by atoms with Gasteiger partial charge in [0.15, 0.2) is 0 Å². The van der Waals surface area contributed by atoms with Crippen LogP contribution in [0, 0.1) is 10.1 Å². The van der Waals surface area contributed by atoms with Gasteiger partial charge in [0.05, 0.1) is 17.7 Å². The van der Waals surface area contributed by atoms with Crippen LogP contribution in [0.25, 0.3) is 0 Å². The van der Waals surface area contributed by atoms with Crippen molar-refractivity contribution in [3.8, 4) is 0 Å². The fraction of sp³-hybridized carbons (Fsp3) is 0.0556. The Morgan fingerprint density at radius 1 is 1.26 bits per heavy atom. The summed E-state index contributed by atoms with van der Waals surface area (Å²) < 4.78 is 2.24. The summed E-state index contributed by atoms with van der Waals surface area (Å²) in [6.45, 7) is 0.293. The van der Waals surface area contributed by atoms with Gasteiger partial charge in [-0.1, -0.05) is 58.4 Å². The van der Waals surface area contributed by atoms with E-state index >= 15 is 0 Å². The van der Waals surface area contributed by atoms with Gasteiger partial charge in [-0.25, -0.2) is 5.43 Å². The van der Waals surface area contributed by atoms with E-state index in [1.807, 2.05) is 54.6 Å². The Hall–Kier alpha value is -3.33. The highest BCUT2D eigenvalue weighted by Gasteiger charge is 2.25. The average Bonchev–Trinajstić information content (AvgIpc) is 3.07. The summed E-state index contributed by atoms with van der Waals surface area (Å²) in [5.41, 5.74) is 3.27. The zero-order valence-corrected chi connectivity index (χ0v) is 15.5. The lowest BCUT2D eigenvalue weighted by atomic mass is 10.2. The molecule has 0 saturated heterocycles. The molecule has 1 N–H and O–H groups in total. The molecule has 27 heavy (non-hydrogen) atoms. The van der Waals surface area contributed by atoms with Gasteiger partial charge in [-0.2, -0.15) is 10.2 Å². The van der Waals surface area contributed by atoms with Gasteiger partial charge in [-0.3, -0.25) is 19.6 Å². The van der Waals surface area contributed by atoms with Gasteiger partial charge in [0.2, 0.25) is 5.69 Å². The van der Waals surface area contributed by atoms with Crippen molar-refractivity contribution in [2.24, 2.45) is 5.10 Å². The fourth-order valence-corrected chi connectivity index (χ4v) is 2.81. The molecule has 0 aliphatic carbocycles. The third-order valence-electron chi connectivity index (χ3n) is 3.57. The smallest absolute Gasteiger partial charge is 0.265 e. The predicted molar refractivity (Wildman–Crippen MR) is 104 cm³/mol. The molecule has 1 aromatic heterocycles. The van der Waals surface area contributed by atoms with Gasteiger partial charge in [0, 0.05) is 4.47 Å². The molecule has 0 radical (unpaired) electrons. The van der Waals surface area contributed by atoms with Crippen LogP contribution >= 0.6 is 15.9 Å². The van der Waals surface area contributed by atoms with Crippen molar-refractivity contribution in [3.05, 3.63) is 92.2 Å². The van der Waals surface area contributed by atoms with Crippen molar-refractivity contribution in [1.29, 1.82) is 0 Å². The van der Waals surface area contributed by atoms with E-state index in [-0.39, 0.29) is 11.4 Å². The van der Waals surface area contributed by atoms with Crippen LogP contribution in [0.3, 0.4) is 0 Å². The Morgan fingerprint density at radius 3 is 2.74 bits per heavy atom. The van der Waals surface area contributed by atoms with Crippen LogP contribution in [0.5, 0.6) is 0 Å². The van der Waals surface area contributed by atoms with Crippen molar-refractivity contribution >= 4 is 33.7 Å². The highest BCUT2D eigenvalue weighted by molar-refractivity contribution is 9.10. The molecule has 0 spiro atoms. The van der Waals surface area contributed by atoms with Gasteiger partial charge >= 0.3 is 5.69 Å². The third-order valence-corrected chi connectivity index (χ3v) is 4.06. The van der Waals surface area contributed by atoms with Crippen molar-refractivity contribution < 1.29 is 9.72 Å². The molecule has 0 unspecified atom stereocenters. The summed E-state index contributed by atoms with van der Waals surface area (Å²) >= 11 is 3.37. The Morgan fingerprint density at radius 2 is 2.04 bits per heavy atom. The number of benzene rings is 2. The minimum Gasteiger partial charge on any atom is -0.265 e. The number of nitrogens with zero attached hydrogens (tertiary/aromatic N) is 4. The number of nitrogens with one attached hydrogen (secondary N) is 1.